The molecule has 208 valence electrons. The van der Waals surface area contributed by atoms with E-state index >= 15 is 0 Å². The molecule has 1 N–H and O–H groups in total. The normalized spacial score (nSPS) is 11.9. The van der Waals surface area contributed by atoms with Gasteiger partial charge < -0.3 is 15.0 Å². The highest BCUT2D eigenvalue weighted by atomic mass is 35.5. The van der Waals surface area contributed by atoms with Crippen molar-refractivity contribution < 1.29 is 22.7 Å². The van der Waals surface area contributed by atoms with Crippen molar-refractivity contribution in [2.75, 3.05) is 30.8 Å². The maximum Gasteiger partial charge on any atom is 0.244 e. The summed E-state index contributed by atoms with van der Waals surface area (Å²) in [5.41, 5.74) is 2.64. The molecule has 8 nitrogen and oxygen atoms in total. The van der Waals surface area contributed by atoms with Gasteiger partial charge in [0.1, 0.15) is 18.3 Å². The van der Waals surface area contributed by atoms with Gasteiger partial charge >= 0.3 is 0 Å². The Bertz CT molecular complexity index is 1400. The van der Waals surface area contributed by atoms with Crippen LogP contribution >= 0.6 is 11.6 Å². The zero-order valence-electron chi connectivity index (χ0n) is 22.6. The van der Waals surface area contributed by atoms with Crippen LogP contribution in [0.4, 0.5) is 5.69 Å². The second kappa shape index (κ2) is 13.5. The van der Waals surface area contributed by atoms with Crippen molar-refractivity contribution in [3.05, 3.63) is 94.5 Å². The van der Waals surface area contributed by atoms with Crippen molar-refractivity contribution in [1.29, 1.82) is 0 Å². The van der Waals surface area contributed by atoms with E-state index in [2.05, 4.69) is 5.32 Å². The SMILES string of the molecule is CCNC(=O)[C@H](Cc1ccccc1)N(Cc1cccc(OC)c1)C(=O)CN(c1ccc(C)c(Cl)c1)S(C)(=O)=O. The van der Waals surface area contributed by atoms with Gasteiger partial charge in [0.25, 0.3) is 0 Å². The number of aryl methyl sites for hydroxylation is 1. The Kier molecular flexibility index (Phi) is 10.4. The summed E-state index contributed by atoms with van der Waals surface area (Å²) in [5.74, 6) is -0.265. The number of likely N-dealkylation sites (N-methyl/N-ethyl adjacent to an activating group) is 1. The van der Waals surface area contributed by atoms with E-state index in [0.29, 0.717) is 17.3 Å². The Morgan fingerprint density at radius 2 is 1.69 bits per heavy atom. The first-order valence-electron chi connectivity index (χ1n) is 12.5. The zero-order chi connectivity index (χ0) is 28.6. The summed E-state index contributed by atoms with van der Waals surface area (Å²) in [5, 5.41) is 3.21. The van der Waals surface area contributed by atoms with Gasteiger partial charge in [0.05, 0.1) is 19.1 Å². The fraction of sp³-hybridized carbons (Fsp3) is 0.310. The summed E-state index contributed by atoms with van der Waals surface area (Å²) in [7, 11) is -2.32. The van der Waals surface area contributed by atoms with Gasteiger partial charge in [-0.25, -0.2) is 8.42 Å². The van der Waals surface area contributed by atoms with Crippen molar-refractivity contribution in [2.45, 2.75) is 32.9 Å². The van der Waals surface area contributed by atoms with Gasteiger partial charge in [-0.2, -0.15) is 0 Å². The van der Waals surface area contributed by atoms with E-state index in [1.54, 1.807) is 51.3 Å². The highest BCUT2D eigenvalue weighted by Gasteiger charge is 2.33. The number of nitrogens with one attached hydrogen (secondary N) is 1. The number of carbonyl (C=O) groups is 2. The molecular weight excluding hydrogens is 538 g/mol. The first-order valence-corrected chi connectivity index (χ1v) is 14.7. The molecule has 3 rings (SSSR count). The van der Waals surface area contributed by atoms with E-state index in [1.807, 2.05) is 36.4 Å². The fourth-order valence-electron chi connectivity index (χ4n) is 4.16. The Balaban J connectivity index is 2.06. The summed E-state index contributed by atoms with van der Waals surface area (Å²) in [4.78, 5) is 28.8. The smallest absolute Gasteiger partial charge is 0.244 e. The van der Waals surface area contributed by atoms with Crippen LogP contribution in [0.2, 0.25) is 5.02 Å². The molecule has 10 heteroatoms. The average molecular weight is 572 g/mol. The van der Waals surface area contributed by atoms with Gasteiger partial charge in [0.2, 0.25) is 21.8 Å². The first-order chi connectivity index (χ1) is 18.5. The Labute approximate surface area is 235 Å². The molecule has 1 atom stereocenters. The van der Waals surface area contributed by atoms with Gasteiger partial charge in [0.15, 0.2) is 0 Å². The molecule has 0 aromatic heterocycles. The maximum atomic E-state index is 14.0. The molecule has 2 amide bonds. The number of methoxy groups -OCH3 is 1. The third-order valence-electron chi connectivity index (χ3n) is 6.23. The lowest BCUT2D eigenvalue weighted by Gasteiger charge is -2.33. The molecule has 0 heterocycles. The second-order valence-corrected chi connectivity index (χ2v) is 11.5. The van der Waals surface area contributed by atoms with E-state index in [1.165, 1.54) is 11.0 Å². The topological polar surface area (TPSA) is 96.0 Å². The number of nitrogens with zero attached hydrogens (tertiary/aromatic N) is 2. The summed E-state index contributed by atoms with van der Waals surface area (Å²) in [6.07, 6.45) is 1.28. The minimum atomic E-state index is -3.87. The lowest BCUT2D eigenvalue weighted by molar-refractivity contribution is -0.140. The van der Waals surface area contributed by atoms with E-state index in [-0.39, 0.29) is 24.6 Å². The van der Waals surface area contributed by atoms with E-state index in [9.17, 15) is 18.0 Å². The lowest BCUT2D eigenvalue weighted by Crippen LogP contribution is -2.53. The molecule has 0 bridgehead atoms. The molecule has 0 aliphatic rings. The molecule has 0 radical (unpaired) electrons. The standard InChI is InChI=1S/C29H34ClN3O5S/c1-5-31-29(35)27(17-22-10-7-6-8-11-22)32(19-23-12-9-13-25(16-23)38-3)28(34)20-33(39(4,36)37)24-15-14-21(2)26(30)18-24/h6-16,18,27H,5,17,19-20H2,1-4H3,(H,31,35)/t27-/m0/s1. The Hall–Kier alpha value is -3.56. The number of benzene rings is 3. The number of hydrogen-bond acceptors (Lipinski definition) is 5. The summed E-state index contributed by atoms with van der Waals surface area (Å²) in [6, 6.07) is 20.5. The van der Waals surface area contributed by atoms with Crippen LogP contribution in [0.15, 0.2) is 72.8 Å². The monoisotopic (exact) mass is 571 g/mol. The number of rotatable bonds is 12. The zero-order valence-corrected chi connectivity index (χ0v) is 24.1. The van der Waals surface area contributed by atoms with Crippen molar-refractivity contribution in [3.8, 4) is 5.75 Å². The number of hydrogen-bond donors (Lipinski definition) is 1. The molecule has 0 saturated heterocycles. The summed E-state index contributed by atoms with van der Waals surface area (Å²) < 4.78 is 32.0. The van der Waals surface area contributed by atoms with Crippen LogP contribution in [0.1, 0.15) is 23.6 Å². The molecule has 0 aliphatic heterocycles. The molecule has 3 aromatic carbocycles. The number of amides is 2. The van der Waals surface area contributed by atoms with Gasteiger partial charge in [-0.05, 0) is 54.8 Å². The van der Waals surface area contributed by atoms with E-state index in [0.717, 1.165) is 27.3 Å². The minimum Gasteiger partial charge on any atom is -0.497 e. The highest BCUT2D eigenvalue weighted by Crippen LogP contribution is 2.26. The minimum absolute atomic E-state index is 0.0664. The molecule has 3 aromatic rings. The number of ether oxygens (including phenoxy) is 1. The number of sulfonamides is 1. The van der Waals surface area contributed by atoms with Crippen molar-refractivity contribution in [1.82, 2.24) is 10.2 Å². The number of carbonyl (C=O) groups excluding carboxylic acids is 2. The van der Waals surface area contributed by atoms with E-state index in [4.69, 9.17) is 16.3 Å². The fourth-order valence-corrected chi connectivity index (χ4v) is 5.18. The quantitative estimate of drug-likeness (QED) is 0.351. The summed E-state index contributed by atoms with van der Waals surface area (Å²) in [6.45, 7) is 3.54. The van der Waals surface area contributed by atoms with Crippen LogP contribution in [0.5, 0.6) is 5.75 Å². The van der Waals surface area contributed by atoms with Gasteiger partial charge in [-0.15, -0.1) is 0 Å². The largest absolute Gasteiger partial charge is 0.497 e. The second-order valence-electron chi connectivity index (χ2n) is 9.18. The van der Waals surface area contributed by atoms with Crippen LogP contribution in [-0.4, -0.2) is 57.6 Å². The van der Waals surface area contributed by atoms with Crippen molar-refractivity contribution in [3.63, 3.8) is 0 Å². The van der Waals surface area contributed by atoms with Gasteiger partial charge in [-0.1, -0.05) is 60.1 Å². The highest BCUT2D eigenvalue weighted by molar-refractivity contribution is 7.92. The van der Waals surface area contributed by atoms with E-state index < -0.39 is 28.5 Å². The molecule has 39 heavy (non-hydrogen) atoms. The molecule has 0 fully saturated rings. The average Bonchev–Trinajstić information content (AvgIpc) is 2.91. The number of anilines is 1. The molecule has 0 aliphatic carbocycles. The molecule has 0 unspecified atom stereocenters. The third-order valence-corrected chi connectivity index (χ3v) is 7.78. The molecule has 0 saturated carbocycles. The van der Waals surface area contributed by atoms with Crippen LogP contribution in [0.25, 0.3) is 0 Å². The van der Waals surface area contributed by atoms with Gasteiger partial charge in [-0.3, -0.25) is 13.9 Å². The van der Waals surface area contributed by atoms with Crippen molar-refractivity contribution >= 4 is 39.1 Å². The lowest BCUT2D eigenvalue weighted by atomic mass is 10.0. The predicted octanol–water partition coefficient (Wildman–Crippen LogP) is 4.20. The molecule has 0 spiro atoms. The van der Waals surface area contributed by atoms with Gasteiger partial charge in [0, 0.05) is 24.5 Å². The number of halogens is 1. The van der Waals surface area contributed by atoms with Crippen LogP contribution in [0.3, 0.4) is 0 Å². The third kappa shape index (κ3) is 8.21. The van der Waals surface area contributed by atoms with Crippen LogP contribution in [0, 0.1) is 6.92 Å². The summed E-state index contributed by atoms with van der Waals surface area (Å²) >= 11 is 6.28. The Morgan fingerprint density at radius 3 is 2.31 bits per heavy atom. The molecular formula is C29H34ClN3O5S. The maximum absolute atomic E-state index is 14.0. The van der Waals surface area contributed by atoms with Crippen LogP contribution in [-0.2, 0) is 32.6 Å². The predicted molar refractivity (Wildman–Crippen MR) is 155 cm³/mol. The van der Waals surface area contributed by atoms with Crippen molar-refractivity contribution in [2.24, 2.45) is 0 Å². The van der Waals surface area contributed by atoms with Crippen LogP contribution < -0.4 is 14.4 Å². The Morgan fingerprint density at radius 1 is 1.00 bits per heavy atom. The first kappa shape index (κ1) is 30.0.